The van der Waals surface area contributed by atoms with Crippen LogP contribution in [0.25, 0.3) is 11.7 Å². The van der Waals surface area contributed by atoms with E-state index in [2.05, 4.69) is 20.7 Å². The smallest absolute Gasteiger partial charge is 0.322 e. The molecule has 0 atom stereocenters. The highest BCUT2D eigenvalue weighted by Gasteiger charge is 2.23. The number of benzene rings is 1. The molecule has 1 amide bonds. The predicted molar refractivity (Wildman–Crippen MR) is 104 cm³/mol. The van der Waals surface area contributed by atoms with Crippen molar-refractivity contribution in [2.75, 3.05) is 18.4 Å². The van der Waals surface area contributed by atoms with Crippen LogP contribution >= 0.6 is 0 Å². The van der Waals surface area contributed by atoms with Crippen LogP contribution < -0.4 is 5.32 Å². The molecule has 0 fully saturated rings. The molecule has 0 saturated heterocycles. The lowest BCUT2D eigenvalue weighted by atomic mass is 10.2. The van der Waals surface area contributed by atoms with Gasteiger partial charge in [-0.1, -0.05) is 30.5 Å². The lowest BCUT2D eigenvalue weighted by Gasteiger charge is -2.20. The largest absolute Gasteiger partial charge is 0.400 e. The van der Waals surface area contributed by atoms with Gasteiger partial charge in [0.2, 0.25) is 15.8 Å². The van der Waals surface area contributed by atoms with Crippen molar-refractivity contribution in [1.82, 2.24) is 19.7 Å². The van der Waals surface area contributed by atoms with E-state index in [0.717, 1.165) is 12.8 Å². The van der Waals surface area contributed by atoms with E-state index >= 15 is 0 Å². The summed E-state index contributed by atoms with van der Waals surface area (Å²) >= 11 is 0. The van der Waals surface area contributed by atoms with Crippen LogP contribution in [0.15, 0.2) is 50.4 Å². The molecule has 0 aliphatic rings. The number of carbonyl (C=O) groups excluding carboxylic acids is 1. The van der Waals surface area contributed by atoms with Gasteiger partial charge in [-0.05, 0) is 30.7 Å². The van der Waals surface area contributed by atoms with Crippen LogP contribution in [0, 0.1) is 0 Å². The maximum atomic E-state index is 12.7. The van der Waals surface area contributed by atoms with E-state index in [4.69, 9.17) is 8.94 Å². The van der Waals surface area contributed by atoms with E-state index in [1.165, 1.54) is 34.8 Å². The molecule has 3 rings (SSSR count). The van der Waals surface area contributed by atoms with Crippen LogP contribution in [-0.4, -0.2) is 47.1 Å². The highest BCUT2D eigenvalue weighted by atomic mass is 32.2. The molecule has 0 spiro atoms. The van der Waals surface area contributed by atoms with Gasteiger partial charge in [0.25, 0.3) is 11.8 Å². The summed E-state index contributed by atoms with van der Waals surface area (Å²) in [5.74, 6) is -0.165. The molecule has 11 heteroatoms. The van der Waals surface area contributed by atoms with Crippen molar-refractivity contribution < 1.29 is 22.2 Å². The molecule has 0 saturated carbocycles. The van der Waals surface area contributed by atoms with Crippen molar-refractivity contribution in [2.45, 2.75) is 31.6 Å². The molecule has 1 N–H and O–H groups in total. The average Bonchev–Trinajstić information content (AvgIpc) is 3.40. The fourth-order valence-corrected chi connectivity index (χ4v) is 4.07. The first-order valence-corrected chi connectivity index (χ1v) is 10.6. The van der Waals surface area contributed by atoms with Crippen LogP contribution in [0.3, 0.4) is 0 Å². The van der Waals surface area contributed by atoms with Crippen molar-refractivity contribution in [2.24, 2.45) is 0 Å². The number of nitrogens with one attached hydrogen (secondary N) is 1. The van der Waals surface area contributed by atoms with E-state index in [9.17, 15) is 13.2 Å². The zero-order valence-electron chi connectivity index (χ0n) is 16.0. The summed E-state index contributed by atoms with van der Waals surface area (Å²) in [5, 5.41) is 13.5. The van der Waals surface area contributed by atoms with Crippen molar-refractivity contribution in [3.63, 3.8) is 0 Å². The number of anilines is 1. The highest BCUT2D eigenvalue weighted by Crippen LogP contribution is 2.20. The maximum Gasteiger partial charge on any atom is 0.322 e. The van der Waals surface area contributed by atoms with Gasteiger partial charge in [-0.15, -0.1) is 5.10 Å². The number of amides is 1. The Kier molecular flexibility index (Phi) is 6.39. The molecule has 1 aromatic carbocycles. The molecular weight excluding hydrogens is 398 g/mol. The first kappa shape index (κ1) is 20.7. The minimum Gasteiger partial charge on any atom is -0.400 e. The molecule has 2 heterocycles. The van der Waals surface area contributed by atoms with Gasteiger partial charge in [0.15, 0.2) is 0 Å². The Morgan fingerprint density at radius 2 is 1.90 bits per heavy atom. The number of hydrogen-bond donors (Lipinski definition) is 1. The van der Waals surface area contributed by atoms with Crippen LogP contribution in [-0.2, 0) is 10.0 Å². The third-order valence-corrected chi connectivity index (χ3v) is 6.15. The van der Waals surface area contributed by atoms with Gasteiger partial charge in [0.1, 0.15) is 0 Å². The maximum absolute atomic E-state index is 12.7. The molecule has 29 heavy (non-hydrogen) atoms. The molecule has 0 unspecified atom stereocenters. The number of carbonyl (C=O) groups is 1. The van der Waals surface area contributed by atoms with E-state index in [-0.39, 0.29) is 28.1 Å². The van der Waals surface area contributed by atoms with Gasteiger partial charge in [0, 0.05) is 24.7 Å². The van der Waals surface area contributed by atoms with Crippen molar-refractivity contribution in [3.05, 3.63) is 42.1 Å². The standard InChI is InChI=1S/C18H21N5O5S/c1-3-5-12-23(4-2)29(25,26)14-8-6-13(7-9-14)16(24)20-18-22-21-17(27-18)15-10-11-19-28-15/h6-11H,3-5,12H2,1-2H3,(H,20,22,24). The van der Waals surface area contributed by atoms with Gasteiger partial charge in [-0.2, -0.15) is 4.31 Å². The normalized spacial score (nSPS) is 11.7. The second-order valence-corrected chi connectivity index (χ2v) is 8.06. The Bertz CT molecular complexity index is 1040. The topological polar surface area (TPSA) is 131 Å². The Labute approximate surface area is 167 Å². The summed E-state index contributed by atoms with van der Waals surface area (Å²) in [5.41, 5.74) is 0.250. The third kappa shape index (κ3) is 4.69. The van der Waals surface area contributed by atoms with Gasteiger partial charge in [-0.25, -0.2) is 8.42 Å². The molecular formula is C18H21N5O5S. The first-order valence-electron chi connectivity index (χ1n) is 9.11. The van der Waals surface area contributed by atoms with E-state index in [1.807, 2.05) is 6.92 Å². The number of aromatic nitrogens is 3. The highest BCUT2D eigenvalue weighted by molar-refractivity contribution is 7.89. The van der Waals surface area contributed by atoms with Crippen molar-refractivity contribution in [1.29, 1.82) is 0 Å². The van der Waals surface area contributed by atoms with E-state index in [1.54, 1.807) is 13.0 Å². The summed E-state index contributed by atoms with van der Waals surface area (Å²) < 4.78 is 37.1. The van der Waals surface area contributed by atoms with Crippen molar-refractivity contribution in [3.8, 4) is 11.7 Å². The zero-order valence-corrected chi connectivity index (χ0v) is 16.8. The first-order chi connectivity index (χ1) is 14.0. The minimum atomic E-state index is -3.60. The van der Waals surface area contributed by atoms with E-state index in [0.29, 0.717) is 13.1 Å². The summed E-state index contributed by atoms with van der Waals surface area (Å²) in [6.45, 7) is 4.65. The lowest BCUT2D eigenvalue weighted by molar-refractivity contribution is 0.102. The zero-order chi connectivity index (χ0) is 20.9. The molecule has 3 aromatic rings. The summed E-state index contributed by atoms with van der Waals surface area (Å²) in [7, 11) is -3.60. The summed E-state index contributed by atoms with van der Waals surface area (Å²) in [6, 6.07) is 7.11. The second-order valence-electron chi connectivity index (χ2n) is 6.12. The number of rotatable bonds is 9. The fraction of sp³-hybridized carbons (Fsp3) is 0.333. The molecule has 0 aliphatic carbocycles. The van der Waals surface area contributed by atoms with Crippen LogP contribution in [0.5, 0.6) is 0 Å². The number of sulfonamides is 1. The van der Waals surface area contributed by atoms with Crippen molar-refractivity contribution >= 4 is 21.9 Å². The molecule has 154 valence electrons. The summed E-state index contributed by atoms with van der Waals surface area (Å²) in [4.78, 5) is 12.5. The molecule has 2 aromatic heterocycles. The quantitative estimate of drug-likeness (QED) is 0.560. The Hall–Kier alpha value is -3.05. The monoisotopic (exact) mass is 419 g/mol. The van der Waals surface area contributed by atoms with Crippen LogP contribution in [0.4, 0.5) is 6.01 Å². The molecule has 0 bridgehead atoms. The lowest BCUT2D eigenvalue weighted by Crippen LogP contribution is -2.31. The third-order valence-electron chi connectivity index (χ3n) is 4.16. The fourth-order valence-electron chi connectivity index (χ4n) is 2.58. The summed E-state index contributed by atoms with van der Waals surface area (Å²) in [6.07, 6.45) is 3.11. The van der Waals surface area contributed by atoms with Crippen LogP contribution in [0.1, 0.15) is 37.0 Å². The predicted octanol–water partition coefficient (Wildman–Crippen LogP) is 2.79. The Morgan fingerprint density at radius 3 is 2.52 bits per heavy atom. The van der Waals surface area contributed by atoms with E-state index < -0.39 is 15.9 Å². The van der Waals surface area contributed by atoms with Gasteiger partial charge in [0.05, 0.1) is 11.1 Å². The molecule has 10 nitrogen and oxygen atoms in total. The SMILES string of the molecule is CCCCN(CC)S(=O)(=O)c1ccc(C(=O)Nc2nnc(-c3ccno3)o2)cc1. The molecule has 0 aliphatic heterocycles. The minimum absolute atomic E-state index is 0.0750. The van der Waals surface area contributed by atoms with Crippen LogP contribution in [0.2, 0.25) is 0 Å². The average molecular weight is 419 g/mol. The Morgan fingerprint density at radius 1 is 1.14 bits per heavy atom. The van der Waals surface area contributed by atoms with Gasteiger partial charge < -0.3 is 8.94 Å². The molecule has 0 radical (unpaired) electrons. The van der Waals surface area contributed by atoms with Gasteiger partial charge in [-0.3, -0.25) is 10.1 Å². The number of nitrogens with zero attached hydrogens (tertiary/aromatic N) is 4. The Balaban J connectivity index is 1.70. The van der Waals surface area contributed by atoms with Gasteiger partial charge >= 0.3 is 6.01 Å². The number of unbranched alkanes of at least 4 members (excludes halogenated alkanes) is 1. The number of hydrogen-bond acceptors (Lipinski definition) is 8. The second kappa shape index (κ2) is 8.97.